The normalized spacial score (nSPS) is 15.0. The lowest BCUT2D eigenvalue weighted by Gasteiger charge is -2.23. The standard InChI is InChI=1S/C19H22N6S/c1-25(2)11-15-8-4-7-14(23-15)10-22-24-18-16-9-17(13-5-3-6-13)26-19(16)21-12-20-18/h4,7-10,12-13H,3,5-6,11H2,1-2H3,(H,20,21,24). The van der Waals surface area contributed by atoms with E-state index in [-0.39, 0.29) is 0 Å². The number of hydrogen-bond donors (Lipinski definition) is 1. The number of anilines is 1. The predicted molar refractivity (Wildman–Crippen MR) is 107 cm³/mol. The lowest BCUT2D eigenvalue weighted by atomic mass is 9.84. The van der Waals surface area contributed by atoms with Gasteiger partial charge in [0.15, 0.2) is 5.82 Å². The average molecular weight is 366 g/mol. The van der Waals surface area contributed by atoms with E-state index in [1.807, 2.05) is 32.3 Å². The first kappa shape index (κ1) is 17.1. The number of fused-ring (bicyclic) bond motifs is 1. The Bertz CT molecular complexity index is 929. The van der Waals surface area contributed by atoms with Crippen LogP contribution in [-0.2, 0) is 6.54 Å². The Morgan fingerprint density at radius 1 is 1.31 bits per heavy atom. The molecule has 0 saturated heterocycles. The number of hydrazone groups is 1. The number of hydrogen-bond acceptors (Lipinski definition) is 7. The van der Waals surface area contributed by atoms with E-state index in [4.69, 9.17) is 0 Å². The van der Waals surface area contributed by atoms with Gasteiger partial charge in [-0.2, -0.15) is 5.10 Å². The molecule has 1 saturated carbocycles. The lowest BCUT2D eigenvalue weighted by molar-refractivity contribution is 0.397. The molecule has 0 aliphatic heterocycles. The van der Waals surface area contributed by atoms with Crippen molar-refractivity contribution in [2.75, 3.05) is 19.5 Å². The van der Waals surface area contributed by atoms with Gasteiger partial charge >= 0.3 is 0 Å². The van der Waals surface area contributed by atoms with Crippen LogP contribution in [0.3, 0.4) is 0 Å². The third-order valence-electron chi connectivity index (χ3n) is 4.53. The van der Waals surface area contributed by atoms with E-state index >= 15 is 0 Å². The Morgan fingerprint density at radius 3 is 2.96 bits per heavy atom. The molecule has 1 fully saturated rings. The summed E-state index contributed by atoms with van der Waals surface area (Å²) < 4.78 is 0. The molecule has 1 aliphatic rings. The number of aromatic nitrogens is 3. The second-order valence-electron chi connectivity index (χ2n) is 6.88. The van der Waals surface area contributed by atoms with E-state index in [0.29, 0.717) is 5.92 Å². The van der Waals surface area contributed by atoms with Crippen molar-refractivity contribution in [3.63, 3.8) is 0 Å². The minimum absolute atomic E-state index is 0.703. The van der Waals surface area contributed by atoms with Crippen LogP contribution in [0.4, 0.5) is 5.82 Å². The maximum atomic E-state index is 4.59. The Labute approximate surface area is 157 Å². The number of nitrogens with zero attached hydrogens (tertiary/aromatic N) is 5. The number of pyridine rings is 1. The fraction of sp³-hybridized carbons (Fsp3) is 0.368. The van der Waals surface area contributed by atoms with Crippen LogP contribution < -0.4 is 5.43 Å². The van der Waals surface area contributed by atoms with Crippen molar-refractivity contribution in [2.45, 2.75) is 31.7 Å². The molecule has 3 aromatic heterocycles. The SMILES string of the molecule is CN(C)Cc1cccc(C=NNc2ncnc3sc(C4CCC4)cc23)n1. The van der Waals surface area contributed by atoms with Gasteiger partial charge in [-0.15, -0.1) is 11.3 Å². The van der Waals surface area contributed by atoms with E-state index in [0.717, 1.165) is 34.0 Å². The molecule has 4 rings (SSSR count). The van der Waals surface area contributed by atoms with E-state index in [9.17, 15) is 0 Å². The van der Waals surface area contributed by atoms with Crippen molar-refractivity contribution >= 4 is 33.6 Å². The molecule has 1 aliphatic carbocycles. The average Bonchev–Trinajstić information content (AvgIpc) is 2.97. The molecule has 0 radical (unpaired) electrons. The largest absolute Gasteiger partial charge is 0.304 e. The van der Waals surface area contributed by atoms with Crippen LogP contribution >= 0.6 is 11.3 Å². The summed E-state index contributed by atoms with van der Waals surface area (Å²) in [5, 5.41) is 5.38. The molecule has 134 valence electrons. The van der Waals surface area contributed by atoms with Crippen LogP contribution in [0.25, 0.3) is 10.2 Å². The summed E-state index contributed by atoms with van der Waals surface area (Å²) in [4.78, 5) is 17.9. The number of rotatable bonds is 6. The summed E-state index contributed by atoms with van der Waals surface area (Å²) in [6.07, 6.45) is 7.23. The Hall–Kier alpha value is -2.38. The summed E-state index contributed by atoms with van der Waals surface area (Å²) in [7, 11) is 4.06. The zero-order valence-corrected chi connectivity index (χ0v) is 15.8. The van der Waals surface area contributed by atoms with Crippen LogP contribution in [-0.4, -0.2) is 40.2 Å². The van der Waals surface area contributed by atoms with Gasteiger partial charge in [0.05, 0.1) is 23.0 Å². The summed E-state index contributed by atoms with van der Waals surface area (Å²) >= 11 is 1.77. The predicted octanol–water partition coefficient (Wildman–Crippen LogP) is 3.86. The lowest BCUT2D eigenvalue weighted by Crippen LogP contribution is -2.12. The molecule has 0 amide bonds. The van der Waals surface area contributed by atoms with Gasteiger partial charge in [-0.25, -0.2) is 9.97 Å². The highest BCUT2D eigenvalue weighted by Gasteiger charge is 2.22. The van der Waals surface area contributed by atoms with Crippen molar-refractivity contribution in [1.82, 2.24) is 19.9 Å². The molecule has 1 N–H and O–H groups in total. The molecule has 0 atom stereocenters. The van der Waals surface area contributed by atoms with Crippen LogP contribution in [0.2, 0.25) is 0 Å². The monoisotopic (exact) mass is 366 g/mol. The molecule has 26 heavy (non-hydrogen) atoms. The first-order valence-electron chi connectivity index (χ1n) is 8.83. The second-order valence-corrected chi connectivity index (χ2v) is 7.94. The van der Waals surface area contributed by atoms with Gasteiger partial charge in [0, 0.05) is 11.4 Å². The van der Waals surface area contributed by atoms with E-state index in [1.165, 1.54) is 24.1 Å². The van der Waals surface area contributed by atoms with Crippen LogP contribution in [0.15, 0.2) is 35.7 Å². The number of thiophene rings is 1. The van der Waals surface area contributed by atoms with Gasteiger partial charge in [0.1, 0.15) is 11.2 Å². The van der Waals surface area contributed by atoms with Crippen molar-refractivity contribution in [3.05, 3.63) is 46.9 Å². The third-order valence-corrected chi connectivity index (χ3v) is 5.74. The minimum Gasteiger partial charge on any atom is -0.304 e. The zero-order valence-electron chi connectivity index (χ0n) is 15.0. The van der Waals surface area contributed by atoms with Crippen LogP contribution in [0.5, 0.6) is 0 Å². The Balaban J connectivity index is 1.50. The van der Waals surface area contributed by atoms with E-state index < -0.39 is 0 Å². The van der Waals surface area contributed by atoms with Gasteiger partial charge in [-0.05, 0) is 51.1 Å². The molecule has 3 aromatic rings. The van der Waals surface area contributed by atoms with E-state index in [2.05, 4.69) is 36.4 Å². The van der Waals surface area contributed by atoms with E-state index in [1.54, 1.807) is 23.9 Å². The Morgan fingerprint density at radius 2 is 2.19 bits per heavy atom. The molecule has 3 heterocycles. The minimum atomic E-state index is 0.703. The highest BCUT2D eigenvalue weighted by Crippen LogP contribution is 2.42. The Kier molecular flexibility index (Phi) is 4.90. The van der Waals surface area contributed by atoms with Gasteiger partial charge in [-0.3, -0.25) is 10.4 Å². The fourth-order valence-corrected chi connectivity index (χ4v) is 4.17. The zero-order chi connectivity index (χ0) is 17.9. The van der Waals surface area contributed by atoms with Crippen molar-refractivity contribution in [1.29, 1.82) is 0 Å². The van der Waals surface area contributed by atoms with Gasteiger partial charge in [0.25, 0.3) is 0 Å². The molecule has 0 bridgehead atoms. The van der Waals surface area contributed by atoms with Crippen molar-refractivity contribution < 1.29 is 0 Å². The van der Waals surface area contributed by atoms with Gasteiger partial charge in [0.2, 0.25) is 0 Å². The molecule has 7 heteroatoms. The van der Waals surface area contributed by atoms with Gasteiger partial charge in [-0.1, -0.05) is 12.5 Å². The summed E-state index contributed by atoms with van der Waals surface area (Å²) in [6.45, 7) is 0.806. The topological polar surface area (TPSA) is 66.3 Å². The highest BCUT2D eigenvalue weighted by atomic mass is 32.1. The molecular weight excluding hydrogens is 344 g/mol. The maximum absolute atomic E-state index is 4.59. The van der Waals surface area contributed by atoms with Crippen LogP contribution in [0.1, 0.15) is 41.4 Å². The van der Waals surface area contributed by atoms with Crippen molar-refractivity contribution in [2.24, 2.45) is 5.10 Å². The first-order valence-corrected chi connectivity index (χ1v) is 9.65. The smallest absolute Gasteiger partial charge is 0.158 e. The van der Waals surface area contributed by atoms with Gasteiger partial charge < -0.3 is 4.90 Å². The summed E-state index contributed by atoms with van der Waals surface area (Å²) in [5.74, 6) is 1.45. The maximum Gasteiger partial charge on any atom is 0.158 e. The fourth-order valence-electron chi connectivity index (χ4n) is 3.00. The molecule has 0 spiro atoms. The quantitative estimate of drug-likeness (QED) is 0.530. The molecule has 0 aromatic carbocycles. The number of nitrogens with one attached hydrogen (secondary N) is 1. The third kappa shape index (κ3) is 3.73. The molecule has 0 unspecified atom stereocenters. The first-order chi connectivity index (χ1) is 12.7. The van der Waals surface area contributed by atoms with Crippen LogP contribution in [0, 0.1) is 0 Å². The molecule has 6 nitrogen and oxygen atoms in total. The summed E-state index contributed by atoms with van der Waals surface area (Å²) in [6, 6.07) is 8.18. The highest BCUT2D eigenvalue weighted by molar-refractivity contribution is 7.18. The second kappa shape index (κ2) is 7.47. The summed E-state index contributed by atoms with van der Waals surface area (Å²) in [5.41, 5.74) is 4.90. The molecular formula is C19H22N6S. The van der Waals surface area contributed by atoms with Crippen molar-refractivity contribution in [3.8, 4) is 0 Å².